The third-order valence-electron chi connectivity index (χ3n) is 5.51. The van der Waals surface area contributed by atoms with Gasteiger partial charge in [0.15, 0.2) is 6.61 Å². The standard InChI is InChI=1S/C21H35N3O6/c1-14-7-5-6-8-16(14)22-19(27)23-17(25)13-29-18(26)15-9-11-24(12-10-15)20(28)30-21(2,3)4/h14-16H,5-13H2,1-4H3,(H2,22,23,25,27)/t14-,16-/m0/s1. The second kappa shape index (κ2) is 10.6. The summed E-state index contributed by atoms with van der Waals surface area (Å²) < 4.78 is 10.4. The van der Waals surface area contributed by atoms with E-state index < -0.39 is 36.2 Å². The molecule has 2 aliphatic rings. The van der Waals surface area contributed by atoms with Crippen LogP contribution in [0.2, 0.25) is 0 Å². The molecule has 2 N–H and O–H groups in total. The third kappa shape index (κ3) is 7.84. The van der Waals surface area contributed by atoms with Crippen molar-refractivity contribution in [3.8, 4) is 0 Å². The Morgan fingerprint density at radius 1 is 1.00 bits per heavy atom. The van der Waals surface area contributed by atoms with Crippen LogP contribution >= 0.6 is 0 Å². The van der Waals surface area contributed by atoms with Gasteiger partial charge in [0, 0.05) is 19.1 Å². The number of nitrogens with one attached hydrogen (secondary N) is 2. The van der Waals surface area contributed by atoms with Crippen LogP contribution < -0.4 is 10.6 Å². The van der Waals surface area contributed by atoms with Crippen LogP contribution in [0.25, 0.3) is 0 Å². The van der Waals surface area contributed by atoms with Crippen molar-refractivity contribution in [1.29, 1.82) is 0 Å². The number of urea groups is 1. The van der Waals surface area contributed by atoms with Gasteiger partial charge in [0.2, 0.25) is 0 Å². The Hall–Kier alpha value is -2.32. The van der Waals surface area contributed by atoms with Crippen LogP contribution in [0.4, 0.5) is 9.59 Å². The van der Waals surface area contributed by atoms with E-state index in [0.29, 0.717) is 31.8 Å². The lowest BCUT2D eigenvalue weighted by molar-refractivity contribution is -0.153. The Labute approximate surface area is 178 Å². The molecule has 0 bridgehead atoms. The molecular formula is C21H35N3O6. The smallest absolute Gasteiger partial charge is 0.410 e. The van der Waals surface area contributed by atoms with Crippen LogP contribution in [0, 0.1) is 11.8 Å². The van der Waals surface area contributed by atoms with Gasteiger partial charge in [-0.15, -0.1) is 0 Å². The number of imide groups is 1. The van der Waals surface area contributed by atoms with Crippen LogP contribution in [-0.2, 0) is 19.1 Å². The second-order valence-corrected chi connectivity index (χ2v) is 9.24. The molecule has 9 heteroatoms. The molecule has 0 aromatic heterocycles. The van der Waals surface area contributed by atoms with Gasteiger partial charge >= 0.3 is 18.1 Å². The Balaban J connectivity index is 1.66. The zero-order valence-corrected chi connectivity index (χ0v) is 18.5. The minimum absolute atomic E-state index is 0.0595. The van der Waals surface area contributed by atoms with E-state index in [1.807, 2.05) is 0 Å². The van der Waals surface area contributed by atoms with Crippen molar-refractivity contribution in [2.24, 2.45) is 11.8 Å². The predicted molar refractivity (Wildman–Crippen MR) is 110 cm³/mol. The van der Waals surface area contributed by atoms with Crippen molar-refractivity contribution in [1.82, 2.24) is 15.5 Å². The quantitative estimate of drug-likeness (QED) is 0.669. The van der Waals surface area contributed by atoms with Crippen molar-refractivity contribution < 1.29 is 28.7 Å². The lowest BCUT2D eigenvalue weighted by Crippen LogP contribution is -2.48. The molecule has 1 heterocycles. The van der Waals surface area contributed by atoms with Gasteiger partial charge in [-0.25, -0.2) is 9.59 Å². The van der Waals surface area contributed by atoms with Gasteiger partial charge in [0.1, 0.15) is 5.60 Å². The fraction of sp³-hybridized carbons (Fsp3) is 0.810. The molecule has 2 fully saturated rings. The molecule has 1 aliphatic heterocycles. The van der Waals surface area contributed by atoms with Crippen molar-refractivity contribution in [2.45, 2.75) is 77.9 Å². The fourth-order valence-corrected chi connectivity index (χ4v) is 3.78. The summed E-state index contributed by atoms with van der Waals surface area (Å²) in [4.78, 5) is 49.8. The average molecular weight is 426 g/mol. The summed E-state index contributed by atoms with van der Waals surface area (Å²) in [5, 5.41) is 5.04. The van der Waals surface area contributed by atoms with E-state index >= 15 is 0 Å². The summed E-state index contributed by atoms with van der Waals surface area (Å²) in [6.45, 7) is 7.77. The fourth-order valence-electron chi connectivity index (χ4n) is 3.78. The van der Waals surface area contributed by atoms with E-state index in [0.717, 1.165) is 25.7 Å². The van der Waals surface area contributed by atoms with Crippen molar-refractivity contribution in [3.05, 3.63) is 0 Å². The number of hydrogen-bond donors (Lipinski definition) is 2. The molecule has 1 saturated heterocycles. The molecule has 0 radical (unpaired) electrons. The molecule has 0 unspecified atom stereocenters. The molecule has 4 amide bonds. The van der Waals surface area contributed by atoms with Crippen LogP contribution in [-0.4, -0.2) is 60.2 Å². The number of likely N-dealkylation sites (tertiary alicyclic amines) is 1. The van der Waals surface area contributed by atoms with E-state index in [1.54, 1.807) is 25.7 Å². The summed E-state index contributed by atoms with van der Waals surface area (Å²) >= 11 is 0. The van der Waals surface area contributed by atoms with Gasteiger partial charge in [-0.2, -0.15) is 0 Å². The highest BCUT2D eigenvalue weighted by atomic mass is 16.6. The van der Waals surface area contributed by atoms with Crippen LogP contribution in [0.5, 0.6) is 0 Å². The minimum atomic E-state index is -0.657. The van der Waals surface area contributed by atoms with E-state index in [1.165, 1.54) is 0 Å². The maximum Gasteiger partial charge on any atom is 0.410 e. The lowest BCUT2D eigenvalue weighted by Gasteiger charge is -2.32. The highest BCUT2D eigenvalue weighted by Gasteiger charge is 2.31. The highest BCUT2D eigenvalue weighted by Crippen LogP contribution is 2.23. The molecule has 0 spiro atoms. The Bertz CT molecular complexity index is 637. The number of carbonyl (C=O) groups is 4. The first kappa shape index (κ1) is 24.0. The largest absolute Gasteiger partial charge is 0.455 e. The van der Waals surface area contributed by atoms with Gasteiger partial charge < -0.3 is 19.7 Å². The first-order chi connectivity index (χ1) is 14.0. The monoisotopic (exact) mass is 425 g/mol. The Kier molecular flexibility index (Phi) is 8.49. The summed E-state index contributed by atoms with van der Waals surface area (Å²) in [6, 6.07) is -0.496. The molecule has 9 nitrogen and oxygen atoms in total. The molecule has 0 aromatic carbocycles. The molecule has 2 atom stereocenters. The van der Waals surface area contributed by atoms with Crippen molar-refractivity contribution >= 4 is 24.0 Å². The van der Waals surface area contributed by atoms with Crippen molar-refractivity contribution in [2.75, 3.05) is 19.7 Å². The Morgan fingerprint density at radius 3 is 2.23 bits per heavy atom. The number of rotatable bonds is 4. The first-order valence-electron chi connectivity index (χ1n) is 10.8. The molecule has 0 aromatic rings. The van der Waals surface area contributed by atoms with E-state index in [2.05, 4.69) is 17.6 Å². The van der Waals surface area contributed by atoms with Crippen LogP contribution in [0.15, 0.2) is 0 Å². The van der Waals surface area contributed by atoms with Gasteiger partial charge in [0.05, 0.1) is 5.92 Å². The molecule has 1 saturated carbocycles. The van der Waals surface area contributed by atoms with Gasteiger partial charge in [-0.3, -0.25) is 14.9 Å². The minimum Gasteiger partial charge on any atom is -0.455 e. The Morgan fingerprint density at radius 2 is 1.63 bits per heavy atom. The average Bonchev–Trinajstić information content (AvgIpc) is 2.66. The molecular weight excluding hydrogens is 390 g/mol. The SMILES string of the molecule is C[C@H]1CCCC[C@@H]1NC(=O)NC(=O)COC(=O)C1CCN(C(=O)OC(C)(C)C)CC1. The number of carbonyl (C=O) groups excluding carboxylic acids is 4. The first-order valence-corrected chi connectivity index (χ1v) is 10.8. The van der Waals surface area contributed by atoms with E-state index in [4.69, 9.17) is 9.47 Å². The van der Waals surface area contributed by atoms with E-state index in [9.17, 15) is 19.2 Å². The highest BCUT2D eigenvalue weighted by molar-refractivity contribution is 5.95. The maximum absolute atomic E-state index is 12.2. The summed E-state index contributed by atoms with van der Waals surface area (Å²) in [5.74, 6) is -1.15. The number of nitrogens with zero attached hydrogens (tertiary/aromatic N) is 1. The normalized spacial score (nSPS) is 22.7. The topological polar surface area (TPSA) is 114 Å². The van der Waals surface area contributed by atoms with Crippen LogP contribution in [0.1, 0.15) is 66.2 Å². The molecule has 1 aliphatic carbocycles. The summed E-state index contributed by atoms with van der Waals surface area (Å²) in [6.07, 6.45) is 4.68. The van der Waals surface area contributed by atoms with Gasteiger partial charge in [-0.05, 0) is 52.4 Å². The summed E-state index contributed by atoms with van der Waals surface area (Å²) in [7, 11) is 0. The van der Waals surface area contributed by atoms with Crippen LogP contribution in [0.3, 0.4) is 0 Å². The zero-order valence-electron chi connectivity index (χ0n) is 18.5. The molecule has 170 valence electrons. The second-order valence-electron chi connectivity index (χ2n) is 9.24. The number of esters is 1. The lowest BCUT2D eigenvalue weighted by atomic mass is 9.86. The predicted octanol–water partition coefficient (Wildman–Crippen LogP) is 2.58. The maximum atomic E-state index is 12.2. The van der Waals surface area contributed by atoms with Gasteiger partial charge in [-0.1, -0.05) is 19.8 Å². The van der Waals surface area contributed by atoms with Crippen molar-refractivity contribution in [3.63, 3.8) is 0 Å². The third-order valence-corrected chi connectivity index (χ3v) is 5.51. The van der Waals surface area contributed by atoms with Gasteiger partial charge in [0.25, 0.3) is 5.91 Å². The molecule has 30 heavy (non-hydrogen) atoms. The zero-order chi connectivity index (χ0) is 22.3. The number of hydrogen-bond acceptors (Lipinski definition) is 6. The summed E-state index contributed by atoms with van der Waals surface area (Å²) in [5.41, 5.74) is -0.568. The number of ether oxygens (including phenoxy) is 2. The number of piperidine rings is 1. The van der Waals surface area contributed by atoms with E-state index in [-0.39, 0.29) is 12.0 Å². The molecule has 2 rings (SSSR count). The number of amides is 4.